The number of phenols is 1. The number of aromatic hydroxyl groups is 1. The zero-order valence-electron chi connectivity index (χ0n) is 38.2. The molecule has 0 aromatic heterocycles. The van der Waals surface area contributed by atoms with E-state index in [0.29, 0.717) is 44.1 Å². The summed E-state index contributed by atoms with van der Waals surface area (Å²) in [6.07, 6.45) is 1.32. The molecule has 2 fully saturated rings. The lowest BCUT2D eigenvalue weighted by Crippen LogP contribution is -2.61. The summed E-state index contributed by atoms with van der Waals surface area (Å²) in [5, 5.41) is 25.9. The maximum absolute atomic E-state index is 14.8. The van der Waals surface area contributed by atoms with Crippen molar-refractivity contribution in [3.8, 4) is 5.75 Å². The molecule has 0 aliphatic carbocycles. The normalized spacial score (nSPS) is 24.2. The Kier molecular flexibility index (Phi) is 21.5. The first-order valence-corrected chi connectivity index (χ1v) is 22.6. The van der Waals surface area contributed by atoms with Crippen LogP contribution in [0.15, 0.2) is 24.3 Å². The van der Waals surface area contributed by atoms with Gasteiger partial charge in [-0.05, 0) is 81.5 Å². The molecule has 20 nitrogen and oxygen atoms in total. The number of amides is 8. The first-order chi connectivity index (χ1) is 30.7. The van der Waals surface area contributed by atoms with Crippen LogP contribution < -0.4 is 43.4 Å². The van der Waals surface area contributed by atoms with Crippen molar-refractivity contribution in [2.24, 2.45) is 23.3 Å². The van der Waals surface area contributed by atoms with Crippen LogP contribution in [0.4, 0.5) is 0 Å². The first-order valence-electron chi connectivity index (χ1n) is 22.6. The van der Waals surface area contributed by atoms with Gasteiger partial charge in [-0.25, -0.2) is 0 Å². The van der Waals surface area contributed by atoms with Gasteiger partial charge in [0, 0.05) is 19.3 Å². The number of carbonyl (C=O) groups is 10. The summed E-state index contributed by atoms with van der Waals surface area (Å²) >= 11 is 0. The average Bonchev–Trinajstić information content (AvgIpc) is 3.73. The van der Waals surface area contributed by atoms with Crippen molar-refractivity contribution in [1.29, 1.82) is 0 Å². The number of hydrogen-bond acceptors (Lipinski definition) is 12. The Bertz CT molecular complexity index is 1870. The van der Waals surface area contributed by atoms with Crippen LogP contribution in [0, 0.1) is 11.8 Å². The van der Waals surface area contributed by atoms with E-state index in [0.717, 1.165) is 0 Å². The predicted octanol–water partition coefficient (Wildman–Crippen LogP) is -0.337. The van der Waals surface area contributed by atoms with Crippen molar-refractivity contribution < 1.29 is 53.1 Å². The summed E-state index contributed by atoms with van der Waals surface area (Å²) in [4.78, 5) is 135. The van der Waals surface area contributed by atoms with E-state index in [4.69, 9.17) is 11.5 Å². The van der Waals surface area contributed by atoms with E-state index in [9.17, 15) is 53.1 Å². The van der Waals surface area contributed by atoms with E-state index in [1.807, 2.05) is 13.8 Å². The molecule has 0 bridgehead atoms. The average molecular weight is 912 g/mol. The lowest BCUT2D eigenvalue weighted by molar-refractivity contribution is -0.138. The summed E-state index contributed by atoms with van der Waals surface area (Å²) in [6.45, 7) is 8.60. The van der Waals surface area contributed by atoms with Gasteiger partial charge in [0.2, 0.25) is 47.3 Å². The monoisotopic (exact) mass is 912 g/mol. The first kappa shape index (κ1) is 53.4. The largest absolute Gasteiger partial charge is 0.508 e. The number of ketones is 2. The molecule has 2 saturated heterocycles. The molecule has 0 radical (unpaired) electrons. The van der Waals surface area contributed by atoms with Crippen molar-refractivity contribution in [2.45, 2.75) is 160 Å². The summed E-state index contributed by atoms with van der Waals surface area (Å²) < 4.78 is 0. The Balaban J connectivity index is 2.06. The third-order valence-corrected chi connectivity index (χ3v) is 11.8. The molecular formula is C45H69N9O11. The summed E-state index contributed by atoms with van der Waals surface area (Å²) in [7, 11) is 0. The number of nitrogens with zero attached hydrogens (tertiary/aromatic N) is 1. The molecule has 65 heavy (non-hydrogen) atoms. The number of primary amides is 2. The van der Waals surface area contributed by atoms with E-state index in [1.165, 1.54) is 19.1 Å². The Morgan fingerprint density at radius 3 is 2.09 bits per heavy atom. The number of rotatable bonds is 17. The van der Waals surface area contributed by atoms with Crippen LogP contribution in [0.5, 0.6) is 5.75 Å². The molecule has 360 valence electrons. The minimum Gasteiger partial charge on any atom is -0.508 e. The smallest absolute Gasteiger partial charge is 0.243 e. The van der Waals surface area contributed by atoms with Gasteiger partial charge in [-0.3, -0.25) is 52.8 Å². The number of carbonyl (C=O) groups excluding carboxylic acids is 10. The van der Waals surface area contributed by atoms with Crippen LogP contribution in [0.25, 0.3) is 0 Å². The van der Waals surface area contributed by atoms with Crippen molar-refractivity contribution in [2.75, 3.05) is 13.1 Å². The summed E-state index contributed by atoms with van der Waals surface area (Å²) in [6, 6.07) is -2.34. The fourth-order valence-corrected chi connectivity index (χ4v) is 8.07. The minimum atomic E-state index is -1.55. The molecule has 1 aromatic carbocycles. The Hall–Kier alpha value is -5.92. The van der Waals surface area contributed by atoms with Gasteiger partial charge >= 0.3 is 0 Å². The highest BCUT2D eigenvalue weighted by Crippen LogP contribution is 2.26. The number of Topliss-reactive ketones (excluding diaryl/α,β-unsaturated/α-hetero) is 2. The highest BCUT2D eigenvalue weighted by molar-refractivity contribution is 5.99. The van der Waals surface area contributed by atoms with E-state index in [2.05, 4.69) is 31.9 Å². The summed E-state index contributed by atoms with van der Waals surface area (Å²) in [5.41, 5.74) is 11.7. The van der Waals surface area contributed by atoms with Crippen LogP contribution in [0.1, 0.15) is 117 Å². The molecule has 2 aliphatic heterocycles. The molecule has 2 aliphatic rings. The van der Waals surface area contributed by atoms with E-state index >= 15 is 0 Å². The molecule has 20 heteroatoms. The standard InChI is InChI=1S/C45H69N9O11/c1-6-26(4)39-45(65)50-30(18-19-36(46)57)42(62)51-31(23-37(47)58)40(60)34(54-20-10-12-35(54)44(64)52-32(21-25(2)3)41(61)48-24-27(5)55)11-8-7-9-13-38(59)49-33(43(63)53-39)22-28-14-16-29(56)17-15-28/h14-17,25-26,30-35,39,56H,6-13,18-24H2,1-5H3,(H2,46,57)(H2,47,58)(H,48,61)(H,49,59)(H,50,65)(H,51,62)(H,52,64)(H,53,63)/t26-,30-,31-,32-,33-,34?,35-,39-/m0/s1. The SMILES string of the molecule is CC[C@H](C)[C@@H]1NC(=O)[C@H](Cc2ccc(O)cc2)NC(=O)CCCCCC(N2CCC[C@H]2C(=O)N[C@@H](CC(C)C)C(=O)NCC(C)=O)C(=O)[C@H](CC(N)=O)NC(=O)[C@H](CCC(N)=O)NC1=O. The van der Waals surface area contributed by atoms with Gasteiger partial charge in [-0.1, -0.05) is 59.1 Å². The van der Waals surface area contributed by atoms with E-state index in [1.54, 1.807) is 30.9 Å². The second-order valence-corrected chi connectivity index (χ2v) is 17.7. The summed E-state index contributed by atoms with van der Waals surface area (Å²) in [5.74, 6) is -7.13. The molecule has 1 unspecified atom stereocenters. The molecule has 2 heterocycles. The fraction of sp³-hybridized carbons (Fsp3) is 0.644. The van der Waals surface area contributed by atoms with Crippen LogP contribution in [-0.4, -0.2) is 124 Å². The third kappa shape index (κ3) is 17.5. The van der Waals surface area contributed by atoms with Crippen LogP contribution >= 0.6 is 0 Å². The quantitative estimate of drug-likeness (QED) is 0.0970. The lowest BCUT2D eigenvalue weighted by atomic mass is 9.94. The van der Waals surface area contributed by atoms with Crippen LogP contribution in [0.2, 0.25) is 0 Å². The zero-order valence-corrected chi connectivity index (χ0v) is 38.2. The lowest BCUT2D eigenvalue weighted by Gasteiger charge is -2.35. The van der Waals surface area contributed by atoms with Gasteiger partial charge in [0.25, 0.3) is 0 Å². The highest BCUT2D eigenvalue weighted by Gasteiger charge is 2.43. The molecule has 8 atom stereocenters. The topological polar surface area (TPSA) is 318 Å². The van der Waals surface area contributed by atoms with Gasteiger partial charge in [0.05, 0.1) is 31.1 Å². The molecule has 0 saturated carbocycles. The van der Waals surface area contributed by atoms with Crippen molar-refractivity contribution in [3.05, 3.63) is 29.8 Å². The molecular weight excluding hydrogens is 843 g/mol. The fourth-order valence-electron chi connectivity index (χ4n) is 8.07. The molecule has 0 spiro atoms. The zero-order chi connectivity index (χ0) is 48.4. The van der Waals surface area contributed by atoms with Crippen LogP contribution in [-0.2, 0) is 54.4 Å². The van der Waals surface area contributed by atoms with Gasteiger partial charge in [0.15, 0.2) is 5.78 Å². The molecule has 8 amide bonds. The molecule has 3 rings (SSSR count). The number of likely N-dealkylation sites (tertiary alicyclic amines) is 1. The maximum atomic E-state index is 14.8. The Morgan fingerprint density at radius 2 is 1.48 bits per heavy atom. The van der Waals surface area contributed by atoms with E-state index < -0.39 is 108 Å². The number of nitrogens with two attached hydrogens (primary N) is 2. The van der Waals surface area contributed by atoms with Crippen molar-refractivity contribution in [1.82, 2.24) is 36.8 Å². The van der Waals surface area contributed by atoms with Gasteiger partial charge in [-0.15, -0.1) is 0 Å². The van der Waals surface area contributed by atoms with Crippen molar-refractivity contribution in [3.63, 3.8) is 0 Å². The number of phenolic OH excluding ortho intramolecular Hbond substituents is 1. The van der Waals surface area contributed by atoms with Crippen LogP contribution in [0.3, 0.4) is 0 Å². The molecule has 11 N–H and O–H groups in total. The van der Waals surface area contributed by atoms with Gasteiger partial charge in [0.1, 0.15) is 35.7 Å². The minimum absolute atomic E-state index is 0.00126. The predicted molar refractivity (Wildman–Crippen MR) is 238 cm³/mol. The third-order valence-electron chi connectivity index (χ3n) is 11.8. The number of hydrogen-bond donors (Lipinski definition) is 9. The van der Waals surface area contributed by atoms with Gasteiger partial charge < -0.3 is 48.5 Å². The second kappa shape index (κ2) is 26.1. The van der Waals surface area contributed by atoms with E-state index in [-0.39, 0.29) is 69.1 Å². The van der Waals surface area contributed by atoms with Gasteiger partial charge in [-0.2, -0.15) is 0 Å². The Morgan fingerprint density at radius 1 is 0.815 bits per heavy atom. The second-order valence-electron chi connectivity index (χ2n) is 17.7. The highest BCUT2D eigenvalue weighted by atomic mass is 16.3. The number of nitrogens with one attached hydrogen (secondary N) is 6. The molecule has 1 aromatic rings. The Labute approximate surface area is 380 Å². The van der Waals surface area contributed by atoms with Crippen molar-refractivity contribution >= 4 is 58.8 Å². The maximum Gasteiger partial charge on any atom is 0.243 e. The number of benzene rings is 1.